The highest BCUT2D eigenvalue weighted by Gasteiger charge is 1.73. The smallest absolute Gasteiger partial charge is 0.107 e. The molecule has 0 fully saturated rings. The molecule has 0 rings (SSSR count). The lowest BCUT2D eigenvalue weighted by atomic mass is 9.93. The van der Waals surface area contributed by atoms with Gasteiger partial charge >= 0.3 is 0 Å². The predicted molar refractivity (Wildman–Crippen MR) is 29.8 cm³/mol. The summed E-state index contributed by atoms with van der Waals surface area (Å²) in [6.07, 6.45) is 2.89. The van der Waals surface area contributed by atoms with Gasteiger partial charge in [-0.3, -0.25) is 0 Å². The number of hydrogen-bond acceptors (Lipinski definition) is 0. The summed E-state index contributed by atoms with van der Waals surface area (Å²) >= 11 is 0. The second-order valence-corrected chi connectivity index (χ2v) is 1.22. The zero-order valence-corrected chi connectivity index (χ0v) is 4.36. The molecule has 0 aliphatic rings. The first-order valence-electron chi connectivity index (χ1n) is 2.22. The van der Waals surface area contributed by atoms with Gasteiger partial charge in [-0.25, -0.2) is 0 Å². The minimum atomic E-state index is 0.968. The Morgan fingerprint density at radius 1 is 1.83 bits per heavy atom. The molecule has 0 saturated carbocycles. The Hall–Kier alpha value is -0.195. The average Bonchev–Trinajstić information content (AvgIpc) is 1.65. The van der Waals surface area contributed by atoms with Gasteiger partial charge in [0.2, 0.25) is 0 Å². The minimum Gasteiger partial charge on any atom is -0.122 e. The normalized spacial score (nSPS) is 12.0. The summed E-state index contributed by atoms with van der Waals surface area (Å²) in [6.45, 7) is 3.98. The van der Waals surface area contributed by atoms with Crippen molar-refractivity contribution in [1.29, 1.82) is 0 Å². The van der Waals surface area contributed by atoms with E-state index in [0.29, 0.717) is 0 Å². The van der Waals surface area contributed by atoms with Crippen LogP contribution in [0, 0.1) is 0 Å². The van der Waals surface area contributed by atoms with Crippen LogP contribution in [0.4, 0.5) is 0 Å². The maximum atomic E-state index is 5.33. The zero-order chi connectivity index (χ0) is 4.99. The fourth-order valence-corrected chi connectivity index (χ4v) is 0.204. The molecule has 0 saturated heterocycles. The van der Waals surface area contributed by atoms with Gasteiger partial charge in [-0.15, -0.1) is 5.47 Å². The molecule has 1 heteroatoms. The van der Waals surface area contributed by atoms with Crippen LogP contribution < -0.4 is 0 Å². The predicted octanol–water partition coefficient (Wildman–Crippen LogP) is 1.47. The van der Waals surface area contributed by atoms with Crippen LogP contribution in [0.1, 0.15) is 20.3 Å². The Balaban J connectivity index is 3.22. The van der Waals surface area contributed by atoms with Crippen molar-refractivity contribution in [1.82, 2.24) is 0 Å². The molecule has 2 radical (unpaired) electrons. The topological polar surface area (TPSA) is 0 Å². The molecule has 0 bridgehead atoms. The second kappa shape index (κ2) is 3.01. The van der Waals surface area contributed by atoms with Crippen LogP contribution in [0.15, 0.2) is 11.5 Å². The Labute approximate surface area is 40.7 Å². The monoisotopic (exact) mass is 80.1 g/mol. The van der Waals surface area contributed by atoms with Crippen molar-refractivity contribution in [2.24, 2.45) is 0 Å². The van der Waals surface area contributed by atoms with E-state index in [2.05, 4.69) is 0 Å². The van der Waals surface area contributed by atoms with Crippen molar-refractivity contribution < 1.29 is 0 Å². The average molecular weight is 79.9 g/mol. The van der Waals surface area contributed by atoms with Crippen molar-refractivity contribution >= 4 is 7.85 Å². The highest BCUT2D eigenvalue weighted by Crippen LogP contribution is 1.89. The van der Waals surface area contributed by atoms with E-state index in [-0.39, 0.29) is 0 Å². The molecular formula is C5H9B. The third kappa shape index (κ3) is 2.07. The third-order valence-corrected chi connectivity index (χ3v) is 0.779. The SMILES string of the molecule is [B]/C(=C/C)CC. The van der Waals surface area contributed by atoms with Crippen LogP contribution >= 0.6 is 0 Å². The minimum absolute atomic E-state index is 0.968. The summed E-state index contributed by atoms with van der Waals surface area (Å²) in [5.74, 6) is 0. The summed E-state index contributed by atoms with van der Waals surface area (Å²) < 4.78 is 0. The molecule has 0 aromatic carbocycles. The Kier molecular flexibility index (Phi) is 2.92. The van der Waals surface area contributed by atoms with E-state index < -0.39 is 0 Å². The van der Waals surface area contributed by atoms with Crippen molar-refractivity contribution in [2.45, 2.75) is 20.3 Å². The molecular weight excluding hydrogens is 70.9 g/mol. The maximum absolute atomic E-state index is 5.33. The summed E-state index contributed by atoms with van der Waals surface area (Å²) in [6, 6.07) is 0. The van der Waals surface area contributed by atoms with E-state index in [9.17, 15) is 0 Å². The fraction of sp³-hybridized carbons (Fsp3) is 0.600. The molecule has 0 heterocycles. The molecule has 0 N–H and O–H groups in total. The second-order valence-electron chi connectivity index (χ2n) is 1.22. The van der Waals surface area contributed by atoms with Crippen LogP contribution in [0.5, 0.6) is 0 Å². The van der Waals surface area contributed by atoms with Gasteiger partial charge < -0.3 is 0 Å². The molecule has 0 nitrogen and oxygen atoms in total. The van der Waals surface area contributed by atoms with Gasteiger partial charge in [0.15, 0.2) is 0 Å². The van der Waals surface area contributed by atoms with Gasteiger partial charge in [-0.2, -0.15) is 0 Å². The van der Waals surface area contributed by atoms with E-state index in [0.717, 1.165) is 11.9 Å². The van der Waals surface area contributed by atoms with Crippen molar-refractivity contribution in [2.75, 3.05) is 0 Å². The lowest BCUT2D eigenvalue weighted by Crippen LogP contribution is -1.72. The number of rotatable bonds is 1. The lowest BCUT2D eigenvalue weighted by Gasteiger charge is -1.85. The zero-order valence-electron chi connectivity index (χ0n) is 4.36. The Morgan fingerprint density at radius 3 is 2.33 bits per heavy atom. The highest BCUT2D eigenvalue weighted by atomic mass is 13.7. The van der Waals surface area contributed by atoms with Crippen LogP contribution in [0.2, 0.25) is 0 Å². The molecule has 32 valence electrons. The summed E-state index contributed by atoms with van der Waals surface area (Å²) in [4.78, 5) is 0. The van der Waals surface area contributed by atoms with E-state index in [1.165, 1.54) is 0 Å². The van der Waals surface area contributed by atoms with Gasteiger partial charge in [0, 0.05) is 0 Å². The lowest BCUT2D eigenvalue weighted by molar-refractivity contribution is 1.19. The first-order valence-corrected chi connectivity index (χ1v) is 2.22. The highest BCUT2D eigenvalue weighted by molar-refractivity contribution is 6.21. The molecule has 0 aromatic heterocycles. The van der Waals surface area contributed by atoms with Crippen molar-refractivity contribution in [3.63, 3.8) is 0 Å². The Morgan fingerprint density at radius 2 is 2.33 bits per heavy atom. The van der Waals surface area contributed by atoms with Crippen LogP contribution in [-0.4, -0.2) is 7.85 Å². The summed E-state index contributed by atoms with van der Waals surface area (Å²) in [5, 5.41) is 0. The first kappa shape index (κ1) is 5.80. The molecule has 0 aliphatic heterocycles. The number of allylic oxidation sites excluding steroid dienone is 2. The molecule has 0 unspecified atom stereocenters. The molecule has 0 amide bonds. The summed E-state index contributed by atoms with van der Waals surface area (Å²) in [7, 11) is 5.33. The van der Waals surface area contributed by atoms with E-state index in [4.69, 9.17) is 7.85 Å². The summed E-state index contributed by atoms with van der Waals surface area (Å²) in [5.41, 5.74) is 0.968. The molecule has 6 heavy (non-hydrogen) atoms. The van der Waals surface area contributed by atoms with Gasteiger partial charge in [0.05, 0.1) is 0 Å². The van der Waals surface area contributed by atoms with Gasteiger partial charge in [-0.1, -0.05) is 13.0 Å². The van der Waals surface area contributed by atoms with E-state index in [1.807, 2.05) is 19.9 Å². The maximum Gasteiger partial charge on any atom is 0.107 e. The molecule has 0 spiro atoms. The molecule has 0 aromatic rings. The fourth-order valence-electron chi connectivity index (χ4n) is 0.204. The van der Waals surface area contributed by atoms with Crippen LogP contribution in [0.3, 0.4) is 0 Å². The van der Waals surface area contributed by atoms with Gasteiger partial charge in [-0.05, 0) is 13.3 Å². The van der Waals surface area contributed by atoms with Gasteiger partial charge in [0.25, 0.3) is 0 Å². The standard InChI is InChI=1S/C5H9B/c1-3-5(6)4-2/h3H,4H2,1-2H3/b5-3+. The quantitative estimate of drug-likeness (QED) is 0.418. The molecule has 0 aliphatic carbocycles. The third-order valence-electron chi connectivity index (χ3n) is 0.779. The number of hydrogen-bond donors (Lipinski definition) is 0. The van der Waals surface area contributed by atoms with E-state index >= 15 is 0 Å². The Bertz CT molecular complexity index is 55.0. The first-order chi connectivity index (χ1) is 2.81. The molecule has 0 atom stereocenters. The largest absolute Gasteiger partial charge is 0.122 e. The van der Waals surface area contributed by atoms with E-state index in [1.54, 1.807) is 0 Å². The van der Waals surface area contributed by atoms with Crippen molar-refractivity contribution in [3.05, 3.63) is 11.5 Å². The van der Waals surface area contributed by atoms with Crippen LogP contribution in [-0.2, 0) is 0 Å². The van der Waals surface area contributed by atoms with Crippen LogP contribution in [0.25, 0.3) is 0 Å². The van der Waals surface area contributed by atoms with Crippen molar-refractivity contribution in [3.8, 4) is 0 Å². The van der Waals surface area contributed by atoms with Gasteiger partial charge in [0.1, 0.15) is 7.85 Å².